The van der Waals surface area contributed by atoms with Crippen LogP contribution in [0.3, 0.4) is 0 Å². The lowest BCUT2D eigenvalue weighted by Crippen LogP contribution is -2.61. The number of amides is 2. The third-order valence-corrected chi connectivity index (χ3v) is 7.89. The molecule has 2 aliphatic heterocycles. The number of aryl methyl sites for hydroxylation is 1. The lowest BCUT2D eigenvalue weighted by Gasteiger charge is -2.51. The van der Waals surface area contributed by atoms with Gasteiger partial charge in [0.1, 0.15) is 24.8 Å². The molecule has 5 N–H and O–H groups in total. The lowest BCUT2D eigenvalue weighted by atomic mass is 9.98. The molecule has 13 nitrogen and oxygen atoms in total. The number of β-lactam (4-membered cyclic amide) rings is 1. The first kappa shape index (κ1) is 23.1. The highest BCUT2D eigenvalue weighted by Gasteiger charge is 2.56. The topological polar surface area (TPSA) is 189 Å². The van der Waals surface area contributed by atoms with Crippen molar-refractivity contribution in [1.29, 1.82) is 0 Å². The average molecular weight is 511 g/mol. The number of thiazole rings is 1. The highest BCUT2D eigenvalue weighted by Crippen LogP contribution is 2.54. The molecule has 0 spiro atoms. The zero-order valence-corrected chi connectivity index (χ0v) is 19.7. The zero-order valence-electron chi connectivity index (χ0n) is 17.3. The van der Waals surface area contributed by atoms with Gasteiger partial charge in [0.25, 0.3) is 5.91 Å². The van der Waals surface area contributed by atoms with Crippen molar-refractivity contribution in [3.63, 3.8) is 0 Å². The SMILES string of the molecule is CON=CC(=O)NC1(c2csc(N)n2)S[C@H]2CC(=O)N2C(C(=O)O)=C1CSc1nnc(C)[nH]1. The van der Waals surface area contributed by atoms with Crippen molar-refractivity contribution in [2.24, 2.45) is 5.16 Å². The van der Waals surface area contributed by atoms with E-state index in [1.54, 1.807) is 12.3 Å². The standard InChI is InChI=1S/C17H18N8O5S3/c1-7-20-16(24-23-7)32-5-8-13(14(28)29)25-11(27)3-12(25)33-17(8,9-6-31-15(18)21-9)22-10(26)4-19-30-2/h4,6,12H,3,5H2,1-2H3,(H2,18,21)(H,22,26)(H,28,29)(H,20,23,24)/t12-,17?/m0/s1. The van der Waals surface area contributed by atoms with Crippen LogP contribution in [0.2, 0.25) is 0 Å². The Kier molecular flexibility index (Phi) is 6.31. The van der Waals surface area contributed by atoms with E-state index in [1.807, 2.05) is 0 Å². The second-order valence-electron chi connectivity index (χ2n) is 6.84. The molecule has 2 amide bonds. The van der Waals surface area contributed by atoms with Crippen LogP contribution in [0, 0.1) is 6.92 Å². The van der Waals surface area contributed by atoms with Crippen LogP contribution in [-0.2, 0) is 24.1 Å². The number of aromatic nitrogens is 4. The number of oxime groups is 1. The Morgan fingerprint density at radius 1 is 1.55 bits per heavy atom. The van der Waals surface area contributed by atoms with Crippen LogP contribution in [0.1, 0.15) is 17.9 Å². The summed E-state index contributed by atoms with van der Waals surface area (Å²) in [6.07, 6.45) is 1.05. The normalized spacial score (nSPS) is 22.3. The van der Waals surface area contributed by atoms with Crippen molar-refractivity contribution in [3.8, 4) is 0 Å². The molecule has 16 heteroatoms. The number of nitrogens with zero attached hydrogens (tertiary/aromatic N) is 5. The molecule has 2 aromatic heterocycles. The van der Waals surface area contributed by atoms with E-state index in [0.29, 0.717) is 16.7 Å². The van der Waals surface area contributed by atoms with Gasteiger partial charge in [-0.2, -0.15) is 0 Å². The maximum absolute atomic E-state index is 12.7. The first-order valence-corrected chi connectivity index (χ1v) is 12.1. The molecule has 0 bridgehead atoms. The summed E-state index contributed by atoms with van der Waals surface area (Å²) in [5, 5.41) is 26.2. The number of carboxylic acids is 1. The summed E-state index contributed by atoms with van der Waals surface area (Å²) in [7, 11) is 1.29. The van der Waals surface area contributed by atoms with Gasteiger partial charge in [-0.1, -0.05) is 28.7 Å². The highest BCUT2D eigenvalue weighted by atomic mass is 32.2. The number of thioether (sulfide) groups is 2. The van der Waals surface area contributed by atoms with Gasteiger partial charge >= 0.3 is 5.97 Å². The summed E-state index contributed by atoms with van der Waals surface area (Å²) in [4.78, 5) is 49.2. The molecule has 4 heterocycles. The smallest absolute Gasteiger partial charge is 0.352 e. The molecule has 2 aromatic rings. The molecule has 0 aromatic carbocycles. The monoisotopic (exact) mass is 510 g/mol. The van der Waals surface area contributed by atoms with Gasteiger partial charge in [0.2, 0.25) is 5.91 Å². The number of aromatic amines is 1. The number of rotatable bonds is 8. The highest BCUT2D eigenvalue weighted by molar-refractivity contribution is 8.01. The van der Waals surface area contributed by atoms with Gasteiger partial charge < -0.3 is 26.0 Å². The predicted molar refractivity (Wildman–Crippen MR) is 121 cm³/mol. The second-order valence-corrected chi connectivity index (χ2v) is 10.1. The van der Waals surface area contributed by atoms with Crippen molar-refractivity contribution in [2.45, 2.75) is 28.7 Å². The van der Waals surface area contributed by atoms with E-state index in [2.05, 4.69) is 35.5 Å². The van der Waals surface area contributed by atoms with Gasteiger partial charge in [0, 0.05) is 16.7 Å². The molecule has 0 saturated carbocycles. The Balaban J connectivity index is 1.87. The quantitative estimate of drug-likeness (QED) is 0.167. The number of carbonyl (C=O) groups excluding carboxylic acids is 2. The summed E-state index contributed by atoms with van der Waals surface area (Å²) in [5.41, 5.74) is 6.25. The zero-order chi connectivity index (χ0) is 23.8. The van der Waals surface area contributed by atoms with E-state index >= 15 is 0 Å². The van der Waals surface area contributed by atoms with E-state index in [-0.39, 0.29) is 34.5 Å². The fraction of sp³-hybridized carbons (Fsp3) is 0.353. The molecule has 2 aliphatic rings. The van der Waals surface area contributed by atoms with E-state index in [1.165, 1.54) is 35.5 Å². The summed E-state index contributed by atoms with van der Waals surface area (Å²) in [6.45, 7) is 1.73. The third-order valence-electron chi connectivity index (χ3n) is 4.76. The summed E-state index contributed by atoms with van der Waals surface area (Å²) in [6, 6.07) is 0. The van der Waals surface area contributed by atoms with Gasteiger partial charge in [0.05, 0.1) is 17.5 Å². The average Bonchev–Trinajstić information content (AvgIpc) is 3.38. The number of hydrogen-bond donors (Lipinski definition) is 4. The van der Waals surface area contributed by atoms with E-state index in [0.717, 1.165) is 17.6 Å². The Bertz CT molecular complexity index is 1180. The van der Waals surface area contributed by atoms with Crippen molar-refractivity contribution in [1.82, 2.24) is 30.4 Å². The van der Waals surface area contributed by atoms with Crippen LogP contribution >= 0.6 is 34.9 Å². The fourth-order valence-corrected chi connectivity index (χ4v) is 6.80. The third kappa shape index (κ3) is 4.28. The number of carboxylic acid groups (broad SMARTS) is 1. The van der Waals surface area contributed by atoms with Crippen molar-refractivity contribution in [2.75, 3.05) is 18.6 Å². The summed E-state index contributed by atoms with van der Waals surface area (Å²) < 4.78 is 0. The van der Waals surface area contributed by atoms with Crippen LogP contribution in [-0.4, -0.2) is 72.4 Å². The van der Waals surface area contributed by atoms with E-state index in [4.69, 9.17) is 5.73 Å². The van der Waals surface area contributed by atoms with Crippen LogP contribution in [0.25, 0.3) is 0 Å². The first-order valence-electron chi connectivity index (χ1n) is 9.34. The number of anilines is 1. The number of nitrogens with two attached hydrogens (primary N) is 1. The number of aliphatic carboxylic acids is 1. The number of nitrogens with one attached hydrogen (secondary N) is 2. The van der Waals surface area contributed by atoms with E-state index < -0.39 is 22.1 Å². The number of H-pyrrole nitrogens is 1. The molecule has 0 radical (unpaired) electrons. The molecule has 2 atom stereocenters. The number of fused-ring (bicyclic) bond motifs is 1. The van der Waals surface area contributed by atoms with Gasteiger partial charge in [-0.15, -0.1) is 21.5 Å². The molecule has 0 aliphatic carbocycles. The molecular formula is C17H18N8O5S3. The molecule has 4 rings (SSSR count). The molecule has 1 fully saturated rings. The molecule has 1 unspecified atom stereocenters. The van der Waals surface area contributed by atoms with Gasteiger partial charge in [-0.3, -0.25) is 14.5 Å². The number of hydrogen-bond acceptors (Lipinski definition) is 12. The molecular weight excluding hydrogens is 492 g/mol. The van der Waals surface area contributed by atoms with Crippen LogP contribution < -0.4 is 11.1 Å². The van der Waals surface area contributed by atoms with Crippen molar-refractivity contribution >= 4 is 64.0 Å². The minimum absolute atomic E-state index is 0.0545. The van der Waals surface area contributed by atoms with Crippen LogP contribution in [0.4, 0.5) is 5.13 Å². The van der Waals surface area contributed by atoms with Gasteiger partial charge in [0.15, 0.2) is 15.2 Å². The Hall–Kier alpha value is -3.11. The number of carbonyl (C=O) groups is 3. The fourth-order valence-electron chi connectivity index (χ4n) is 3.41. The molecule has 1 saturated heterocycles. The van der Waals surface area contributed by atoms with Crippen molar-refractivity contribution < 1.29 is 24.3 Å². The van der Waals surface area contributed by atoms with Crippen LogP contribution in [0.15, 0.2) is 27.0 Å². The summed E-state index contributed by atoms with van der Waals surface area (Å²) in [5.74, 6) is -1.62. The minimum Gasteiger partial charge on any atom is -0.477 e. The lowest BCUT2D eigenvalue weighted by molar-refractivity contribution is -0.146. The predicted octanol–water partition coefficient (Wildman–Crippen LogP) is 0.489. The first-order chi connectivity index (χ1) is 15.7. The Morgan fingerprint density at radius 3 is 2.91 bits per heavy atom. The second kappa shape index (κ2) is 9.03. The Morgan fingerprint density at radius 2 is 2.33 bits per heavy atom. The largest absolute Gasteiger partial charge is 0.477 e. The maximum Gasteiger partial charge on any atom is 0.352 e. The van der Waals surface area contributed by atoms with Crippen molar-refractivity contribution in [3.05, 3.63) is 28.2 Å². The summed E-state index contributed by atoms with van der Waals surface area (Å²) >= 11 is 3.54. The molecule has 174 valence electrons. The number of nitrogen functional groups attached to an aromatic ring is 1. The minimum atomic E-state index is -1.43. The maximum atomic E-state index is 12.7. The van der Waals surface area contributed by atoms with Gasteiger partial charge in [-0.05, 0) is 6.92 Å². The van der Waals surface area contributed by atoms with Crippen LogP contribution in [0.5, 0.6) is 0 Å². The molecule has 33 heavy (non-hydrogen) atoms. The van der Waals surface area contributed by atoms with E-state index in [9.17, 15) is 19.5 Å². The Labute approximate surface area is 199 Å². The van der Waals surface area contributed by atoms with Gasteiger partial charge in [-0.25, -0.2) is 9.78 Å².